The van der Waals surface area contributed by atoms with Crippen LogP contribution in [0.25, 0.3) is 0 Å². The Morgan fingerprint density at radius 1 is 1.72 bits per heavy atom. The van der Waals surface area contributed by atoms with E-state index in [-0.39, 0.29) is 12.4 Å². The van der Waals surface area contributed by atoms with Crippen molar-refractivity contribution in [1.29, 1.82) is 0 Å². The molecule has 0 bridgehead atoms. The van der Waals surface area contributed by atoms with E-state index in [1.54, 1.807) is 6.08 Å². The largest absolute Gasteiger partial charge is 0.383 e. The number of aromatic nitrogens is 2. The minimum Gasteiger partial charge on any atom is -0.383 e. The number of nitrogens with zero attached hydrogens (tertiary/aromatic N) is 2. The molecule has 0 unspecified atom stereocenters. The van der Waals surface area contributed by atoms with Crippen LogP contribution in [0.5, 0.6) is 0 Å². The van der Waals surface area contributed by atoms with Crippen molar-refractivity contribution in [2.24, 2.45) is 0 Å². The Hall–Kier alpha value is -1.70. The van der Waals surface area contributed by atoms with Crippen LogP contribution in [0.2, 0.25) is 0 Å². The van der Waals surface area contributed by atoms with Crippen LogP contribution in [-0.2, 0) is 14.2 Å². The van der Waals surface area contributed by atoms with Crippen LogP contribution in [0.15, 0.2) is 29.7 Å². The quantitative estimate of drug-likeness (QED) is 0.582. The van der Waals surface area contributed by atoms with E-state index in [1.165, 1.54) is 16.8 Å². The summed E-state index contributed by atoms with van der Waals surface area (Å²) in [7, 11) is 0. The fourth-order valence-corrected chi connectivity index (χ4v) is 1.57. The van der Waals surface area contributed by atoms with Gasteiger partial charge < -0.3 is 19.9 Å². The van der Waals surface area contributed by atoms with Gasteiger partial charge in [0.15, 0.2) is 12.5 Å². The second kappa shape index (κ2) is 5.76. The number of rotatable bonds is 5. The lowest BCUT2D eigenvalue weighted by Gasteiger charge is -2.13. The van der Waals surface area contributed by atoms with Gasteiger partial charge in [0.25, 0.3) is 0 Å². The van der Waals surface area contributed by atoms with Crippen LogP contribution in [0.1, 0.15) is 6.23 Å². The van der Waals surface area contributed by atoms with Crippen LogP contribution in [0.3, 0.4) is 0 Å². The number of nitrogen functional groups attached to an aromatic ring is 1. The van der Waals surface area contributed by atoms with Gasteiger partial charge in [0.05, 0.1) is 19.8 Å². The molecule has 7 nitrogen and oxygen atoms in total. The zero-order chi connectivity index (χ0) is 13.0. The Balaban J connectivity index is 1.95. The molecule has 7 heteroatoms. The summed E-state index contributed by atoms with van der Waals surface area (Å²) in [4.78, 5) is 15.2. The van der Waals surface area contributed by atoms with Crippen molar-refractivity contribution < 1.29 is 14.2 Å². The van der Waals surface area contributed by atoms with Crippen LogP contribution >= 0.6 is 0 Å². The van der Waals surface area contributed by atoms with E-state index in [1.807, 2.05) is 0 Å². The Morgan fingerprint density at radius 3 is 3.28 bits per heavy atom. The Morgan fingerprint density at radius 2 is 2.56 bits per heavy atom. The van der Waals surface area contributed by atoms with Crippen molar-refractivity contribution in [2.75, 3.05) is 25.6 Å². The maximum Gasteiger partial charge on any atom is 0.351 e. The summed E-state index contributed by atoms with van der Waals surface area (Å²) >= 11 is 0. The highest BCUT2D eigenvalue weighted by atomic mass is 16.7. The topological polar surface area (TPSA) is 88.6 Å². The van der Waals surface area contributed by atoms with E-state index in [4.69, 9.17) is 19.9 Å². The lowest BCUT2D eigenvalue weighted by Crippen LogP contribution is -2.28. The van der Waals surface area contributed by atoms with Crippen molar-refractivity contribution in [3.63, 3.8) is 0 Å². The summed E-state index contributed by atoms with van der Waals surface area (Å²) in [5, 5.41) is 0. The van der Waals surface area contributed by atoms with Gasteiger partial charge in [0.2, 0.25) is 0 Å². The predicted molar refractivity (Wildman–Crippen MR) is 63.8 cm³/mol. The molecule has 0 aliphatic carbocycles. The first-order chi connectivity index (χ1) is 8.70. The monoisotopic (exact) mass is 253 g/mol. The van der Waals surface area contributed by atoms with Gasteiger partial charge in [-0.3, -0.25) is 4.57 Å². The summed E-state index contributed by atoms with van der Waals surface area (Å²) in [6.07, 6.45) is 2.19. The minimum atomic E-state index is -0.497. The van der Waals surface area contributed by atoms with E-state index in [0.717, 1.165) is 0 Å². The van der Waals surface area contributed by atoms with Crippen LogP contribution in [0.4, 0.5) is 5.82 Å². The zero-order valence-corrected chi connectivity index (χ0v) is 9.82. The van der Waals surface area contributed by atoms with Gasteiger partial charge in [0, 0.05) is 6.20 Å². The molecule has 0 amide bonds. The third-order valence-electron chi connectivity index (χ3n) is 2.38. The van der Waals surface area contributed by atoms with Crippen LogP contribution < -0.4 is 11.4 Å². The molecule has 1 saturated heterocycles. The molecule has 1 aliphatic rings. The normalized spacial score (nSPS) is 23.1. The third kappa shape index (κ3) is 2.95. The van der Waals surface area contributed by atoms with E-state index in [9.17, 15) is 4.79 Å². The molecule has 2 rings (SSSR count). The first kappa shape index (κ1) is 12.7. The molecule has 1 aliphatic heterocycles. The minimum absolute atomic E-state index is 0.182. The molecule has 2 heterocycles. The number of nitrogens with two attached hydrogens (primary N) is 1. The molecule has 2 N–H and O–H groups in total. The van der Waals surface area contributed by atoms with E-state index in [0.29, 0.717) is 13.2 Å². The Labute approximate surface area is 104 Å². The van der Waals surface area contributed by atoms with Crippen molar-refractivity contribution in [3.8, 4) is 0 Å². The van der Waals surface area contributed by atoms with Gasteiger partial charge in [-0.2, -0.15) is 4.98 Å². The maximum atomic E-state index is 11.6. The van der Waals surface area contributed by atoms with Gasteiger partial charge in [-0.25, -0.2) is 4.79 Å². The van der Waals surface area contributed by atoms with Crippen molar-refractivity contribution in [2.45, 2.75) is 12.5 Å². The van der Waals surface area contributed by atoms with E-state index in [2.05, 4.69) is 11.6 Å². The highest BCUT2D eigenvalue weighted by Crippen LogP contribution is 2.19. The summed E-state index contributed by atoms with van der Waals surface area (Å²) in [6, 6.07) is 1.53. The Bertz CT molecular complexity index is 474. The molecule has 1 fully saturated rings. The molecule has 1 aromatic heterocycles. The van der Waals surface area contributed by atoms with Crippen molar-refractivity contribution >= 4 is 5.82 Å². The second-order valence-corrected chi connectivity index (χ2v) is 3.72. The van der Waals surface area contributed by atoms with Gasteiger partial charge in [0.1, 0.15) is 5.82 Å². The average molecular weight is 253 g/mol. The van der Waals surface area contributed by atoms with Crippen molar-refractivity contribution in [1.82, 2.24) is 9.55 Å². The molecule has 18 heavy (non-hydrogen) atoms. The van der Waals surface area contributed by atoms with Gasteiger partial charge >= 0.3 is 5.69 Å². The van der Waals surface area contributed by atoms with Crippen LogP contribution in [0, 0.1) is 0 Å². The molecule has 0 spiro atoms. The summed E-state index contributed by atoms with van der Waals surface area (Å²) in [6.45, 7) is 4.53. The standard InChI is InChI=1S/C11H15N3O4/c1-2-5-16-7-10-17-6-9(18-10)14-4-3-8(12)13-11(14)15/h2-4,9-10H,1,5-7H2,(H2,12,13,15)/t9-,10-/m0/s1. The summed E-state index contributed by atoms with van der Waals surface area (Å²) < 4.78 is 17.4. The molecule has 98 valence electrons. The zero-order valence-electron chi connectivity index (χ0n) is 9.82. The average Bonchev–Trinajstić information content (AvgIpc) is 2.78. The number of ether oxygens (including phenoxy) is 3. The second-order valence-electron chi connectivity index (χ2n) is 3.72. The van der Waals surface area contributed by atoms with Gasteiger partial charge in [-0.05, 0) is 6.07 Å². The molecule has 0 radical (unpaired) electrons. The Kier molecular flexibility index (Phi) is 4.08. The molecular formula is C11H15N3O4. The maximum absolute atomic E-state index is 11.6. The fraction of sp³-hybridized carbons (Fsp3) is 0.455. The molecular weight excluding hydrogens is 238 g/mol. The molecule has 0 saturated carbocycles. The SMILES string of the molecule is C=CCOC[C@H]1OC[C@@H](n2ccc(N)nc2=O)O1. The highest BCUT2D eigenvalue weighted by Gasteiger charge is 2.28. The summed E-state index contributed by atoms with van der Waals surface area (Å²) in [5.74, 6) is 0.182. The first-order valence-corrected chi connectivity index (χ1v) is 5.51. The fourth-order valence-electron chi connectivity index (χ4n) is 1.57. The van der Waals surface area contributed by atoms with Crippen molar-refractivity contribution in [3.05, 3.63) is 35.4 Å². The number of hydrogen-bond acceptors (Lipinski definition) is 6. The molecule has 2 atom stereocenters. The van der Waals surface area contributed by atoms with Crippen LogP contribution in [-0.4, -0.2) is 35.7 Å². The lowest BCUT2D eigenvalue weighted by atomic mass is 10.5. The number of hydrogen-bond donors (Lipinski definition) is 1. The van der Waals surface area contributed by atoms with Gasteiger partial charge in [-0.15, -0.1) is 6.58 Å². The summed E-state index contributed by atoms with van der Waals surface area (Å²) in [5.41, 5.74) is 4.95. The highest BCUT2D eigenvalue weighted by molar-refractivity contribution is 5.23. The smallest absolute Gasteiger partial charge is 0.351 e. The van der Waals surface area contributed by atoms with E-state index < -0.39 is 18.2 Å². The van der Waals surface area contributed by atoms with Gasteiger partial charge in [-0.1, -0.05) is 6.08 Å². The number of anilines is 1. The lowest BCUT2D eigenvalue weighted by molar-refractivity contribution is -0.111. The molecule has 0 aromatic carbocycles. The first-order valence-electron chi connectivity index (χ1n) is 5.51. The van der Waals surface area contributed by atoms with E-state index >= 15 is 0 Å². The predicted octanol–water partition coefficient (Wildman–Crippen LogP) is -0.100. The third-order valence-corrected chi connectivity index (χ3v) is 2.38. The molecule has 1 aromatic rings.